The minimum Gasteiger partial charge on any atom is -0.489 e. The fraction of sp³-hybridized carbons (Fsp3) is 0.136. The van der Waals surface area contributed by atoms with Crippen molar-refractivity contribution in [1.29, 1.82) is 0 Å². The van der Waals surface area contributed by atoms with Crippen LogP contribution in [0.2, 0.25) is 5.02 Å². The van der Waals surface area contributed by atoms with E-state index in [-0.39, 0.29) is 6.79 Å². The Labute approximate surface area is 171 Å². The maximum absolute atomic E-state index is 6.21. The first-order valence-corrected chi connectivity index (χ1v) is 10.1. The second-order valence-corrected chi connectivity index (χ2v) is 7.93. The van der Waals surface area contributed by atoms with Crippen molar-refractivity contribution in [3.05, 3.63) is 76.8 Å². The van der Waals surface area contributed by atoms with E-state index in [0.29, 0.717) is 18.2 Å². The predicted molar refractivity (Wildman–Crippen MR) is 111 cm³/mol. The van der Waals surface area contributed by atoms with Gasteiger partial charge in [0.2, 0.25) is 0 Å². The number of nitrogens with zero attached hydrogens (tertiary/aromatic N) is 1. The highest BCUT2D eigenvalue weighted by Crippen LogP contribution is 2.33. The van der Waals surface area contributed by atoms with Crippen molar-refractivity contribution in [2.75, 3.05) is 6.79 Å². The zero-order chi connectivity index (χ0) is 18.9. The second kappa shape index (κ2) is 7.43. The summed E-state index contributed by atoms with van der Waals surface area (Å²) in [5.74, 6) is 1.59. The van der Waals surface area contributed by atoms with Gasteiger partial charge in [-0.3, -0.25) is 0 Å². The largest absolute Gasteiger partial charge is 0.489 e. The van der Waals surface area contributed by atoms with Crippen LogP contribution in [-0.4, -0.2) is 11.8 Å². The molecule has 28 heavy (non-hydrogen) atoms. The quantitative estimate of drug-likeness (QED) is 0.410. The summed E-state index contributed by atoms with van der Waals surface area (Å²) in [6.07, 6.45) is 0. The SMILES string of the molecule is Clc1cc2c(c(COc3ccc(-c4nc5ccccc5s4)cc3)c1)OCOC2. The molecule has 4 aromatic rings. The molecule has 1 aliphatic heterocycles. The average molecular weight is 410 g/mol. The number of hydrogen-bond donors (Lipinski definition) is 0. The molecule has 0 aliphatic carbocycles. The molecule has 0 N–H and O–H groups in total. The van der Waals surface area contributed by atoms with E-state index in [1.54, 1.807) is 11.3 Å². The summed E-state index contributed by atoms with van der Waals surface area (Å²) in [5, 5.41) is 1.66. The van der Waals surface area contributed by atoms with Crippen LogP contribution in [0.5, 0.6) is 11.5 Å². The number of halogens is 1. The van der Waals surface area contributed by atoms with Gasteiger partial charge < -0.3 is 14.2 Å². The number of thiazole rings is 1. The van der Waals surface area contributed by atoms with E-state index in [1.807, 2.05) is 54.6 Å². The third-order valence-corrected chi connectivity index (χ3v) is 5.84. The summed E-state index contributed by atoms with van der Waals surface area (Å²) in [4.78, 5) is 4.70. The molecule has 0 fully saturated rings. The second-order valence-electron chi connectivity index (χ2n) is 6.46. The van der Waals surface area contributed by atoms with Gasteiger partial charge in [0.25, 0.3) is 0 Å². The van der Waals surface area contributed by atoms with Gasteiger partial charge in [-0.05, 0) is 48.5 Å². The molecule has 4 nitrogen and oxygen atoms in total. The highest BCUT2D eigenvalue weighted by Gasteiger charge is 2.17. The fourth-order valence-electron chi connectivity index (χ4n) is 3.21. The van der Waals surface area contributed by atoms with Crippen LogP contribution < -0.4 is 9.47 Å². The number of para-hydroxylation sites is 1. The molecule has 140 valence electrons. The molecule has 0 bridgehead atoms. The molecule has 5 rings (SSSR count). The standard InChI is InChI=1S/C22H16ClNO3S/c23-17-9-15-11-25-13-27-21(15)16(10-17)12-26-18-7-5-14(6-8-18)22-24-19-3-1-2-4-20(19)28-22/h1-10H,11-13H2. The van der Waals surface area contributed by atoms with E-state index in [9.17, 15) is 0 Å². The third-order valence-electron chi connectivity index (χ3n) is 4.54. The number of rotatable bonds is 4. The molecular formula is C22H16ClNO3S. The minimum absolute atomic E-state index is 0.249. The first kappa shape index (κ1) is 17.5. The Morgan fingerprint density at radius 2 is 1.93 bits per heavy atom. The Balaban J connectivity index is 1.34. The van der Waals surface area contributed by atoms with Crippen LogP contribution in [0.25, 0.3) is 20.8 Å². The Morgan fingerprint density at radius 3 is 2.79 bits per heavy atom. The summed E-state index contributed by atoms with van der Waals surface area (Å²) in [6, 6.07) is 19.9. The van der Waals surface area contributed by atoms with E-state index >= 15 is 0 Å². The van der Waals surface area contributed by atoms with Crippen molar-refractivity contribution in [3.8, 4) is 22.1 Å². The first-order chi connectivity index (χ1) is 13.8. The van der Waals surface area contributed by atoms with Gasteiger partial charge in [0.15, 0.2) is 6.79 Å². The minimum atomic E-state index is 0.249. The van der Waals surface area contributed by atoms with E-state index < -0.39 is 0 Å². The number of benzene rings is 3. The third kappa shape index (κ3) is 3.44. The summed E-state index contributed by atoms with van der Waals surface area (Å²) < 4.78 is 18.1. The van der Waals surface area contributed by atoms with Crippen LogP contribution in [0, 0.1) is 0 Å². The summed E-state index contributed by atoms with van der Waals surface area (Å²) in [6.45, 7) is 1.13. The normalized spacial score (nSPS) is 13.2. The summed E-state index contributed by atoms with van der Waals surface area (Å²) >= 11 is 7.90. The number of aromatic nitrogens is 1. The zero-order valence-electron chi connectivity index (χ0n) is 14.9. The van der Waals surface area contributed by atoms with E-state index in [4.69, 9.17) is 30.8 Å². The maximum Gasteiger partial charge on any atom is 0.189 e. The van der Waals surface area contributed by atoms with Crippen molar-refractivity contribution >= 4 is 33.2 Å². The van der Waals surface area contributed by atoms with Crippen molar-refractivity contribution in [3.63, 3.8) is 0 Å². The van der Waals surface area contributed by atoms with Crippen molar-refractivity contribution in [2.24, 2.45) is 0 Å². The molecule has 0 saturated heterocycles. The van der Waals surface area contributed by atoms with Gasteiger partial charge in [-0.15, -0.1) is 11.3 Å². The highest BCUT2D eigenvalue weighted by atomic mass is 35.5. The number of fused-ring (bicyclic) bond motifs is 2. The molecule has 2 heterocycles. The zero-order valence-corrected chi connectivity index (χ0v) is 16.4. The fourth-order valence-corrected chi connectivity index (χ4v) is 4.45. The summed E-state index contributed by atoms with van der Waals surface area (Å²) in [5.41, 5.74) is 3.97. The topological polar surface area (TPSA) is 40.6 Å². The predicted octanol–water partition coefficient (Wildman–Crippen LogP) is 6.06. The Kier molecular flexibility index (Phi) is 4.64. The highest BCUT2D eigenvalue weighted by molar-refractivity contribution is 7.21. The van der Waals surface area contributed by atoms with Crippen LogP contribution in [0.15, 0.2) is 60.7 Å². The molecular weight excluding hydrogens is 394 g/mol. The van der Waals surface area contributed by atoms with Crippen molar-refractivity contribution < 1.29 is 14.2 Å². The molecule has 0 atom stereocenters. The molecule has 3 aromatic carbocycles. The van der Waals surface area contributed by atoms with Gasteiger partial charge in [0.05, 0.1) is 16.8 Å². The molecule has 1 aliphatic rings. The van der Waals surface area contributed by atoms with Gasteiger partial charge in [-0.1, -0.05) is 23.7 Å². The lowest BCUT2D eigenvalue weighted by Gasteiger charge is -2.21. The van der Waals surface area contributed by atoms with E-state index in [1.165, 1.54) is 4.70 Å². The summed E-state index contributed by atoms with van der Waals surface area (Å²) in [7, 11) is 0. The molecule has 6 heteroatoms. The van der Waals surface area contributed by atoms with Crippen LogP contribution in [0.3, 0.4) is 0 Å². The van der Waals surface area contributed by atoms with Crippen LogP contribution in [0.4, 0.5) is 0 Å². The molecule has 0 saturated carbocycles. The lowest BCUT2D eigenvalue weighted by atomic mass is 10.1. The van der Waals surface area contributed by atoms with Gasteiger partial charge in [-0.2, -0.15) is 0 Å². The van der Waals surface area contributed by atoms with Crippen LogP contribution in [-0.2, 0) is 18.0 Å². The van der Waals surface area contributed by atoms with Gasteiger partial charge in [-0.25, -0.2) is 4.98 Å². The van der Waals surface area contributed by atoms with Gasteiger partial charge in [0, 0.05) is 21.7 Å². The average Bonchev–Trinajstić information content (AvgIpc) is 3.16. The van der Waals surface area contributed by atoms with E-state index in [0.717, 1.165) is 38.7 Å². The lowest BCUT2D eigenvalue weighted by Crippen LogP contribution is -2.14. The maximum atomic E-state index is 6.21. The van der Waals surface area contributed by atoms with Crippen molar-refractivity contribution in [1.82, 2.24) is 4.98 Å². The number of hydrogen-bond acceptors (Lipinski definition) is 5. The molecule has 0 radical (unpaired) electrons. The Hall–Kier alpha value is -2.60. The molecule has 1 aromatic heterocycles. The first-order valence-electron chi connectivity index (χ1n) is 8.87. The van der Waals surface area contributed by atoms with Gasteiger partial charge in [0.1, 0.15) is 23.1 Å². The monoisotopic (exact) mass is 409 g/mol. The van der Waals surface area contributed by atoms with Crippen LogP contribution >= 0.6 is 22.9 Å². The number of ether oxygens (including phenoxy) is 3. The Morgan fingerprint density at radius 1 is 1.07 bits per heavy atom. The van der Waals surface area contributed by atoms with Crippen LogP contribution in [0.1, 0.15) is 11.1 Å². The van der Waals surface area contributed by atoms with Gasteiger partial charge >= 0.3 is 0 Å². The smallest absolute Gasteiger partial charge is 0.189 e. The Bertz CT molecular complexity index is 1110. The molecule has 0 unspecified atom stereocenters. The van der Waals surface area contributed by atoms with E-state index in [2.05, 4.69) is 6.07 Å². The lowest BCUT2D eigenvalue weighted by molar-refractivity contribution is -0.0175. The molecule has 0 amide bonds. The molecule has 0 spiro atoms. The van der Waals surface area contributed by atoms with Crippen molar-refractivity contribution in [2.45, 2.75) is 13.2 Å².